The predicted molar refractivity (Wildman–Crippen MR) is 97.2 cm³/mol. The number of hydrogen-bond acceptors (Lipinski definition) is 10. The molecule has 0 aromatic heterocycles. The molecular formula is C16H22N2O10S2. The minimum atomic E-state index is -4.21. The van der Waals surface area contributed by atoms with Gasteiger partial charge < -0.3 is 0 Å². The van der Waals surface area contributed by atoms with Gasteiger partial charge in [0.1, 0.15) is 0 Å². The second-order valence-electron chi connectivity index (χ2n) is 8.07. The number of carbonyl (C=O) groups excluding carboxylic acids is 4. The van der Waals surface area contributed by atoms with Gasteiger partial charge in [-0.2, -0.15) is 16.8 Å². The third-order valence-electron chi connectivity index (χ3n) is 5.57. The summed E-state index contributed by atoms with van der Waals surface area (Å²) in [5.74, 6) is -7.88. The van der Waals surface area contributed by atoms with E-state index in [-0.39, 0.29) is 23.0 Å². The molecule has 1 saturated carbocycles. The van der Waals surface area contributed by atoms with Gasteiger partial charge in [0, 0.05) is 0 Å². The van der Waals surface area contributed by atoms with Crippen molar-refractivity contribution in [2.24, 2.45) is 23.7 Å². The number of hydrogen-bond donors (Lipinski definition) is 0. The highest BCUT2D eigenvalue weighted by Crippen LogP contribution is 2.48. The minimum absolute atomic E-state index is 0.193. The average Bonchev–Trinajstić information content (AvgIpc) is 3.00. The molecule has 0 radical (unpaired) electrons. The van der Waals surface area contributed by atoms with Crippen LogP contribution < -0.4 is 0 Å². The monoisotopic (exact) mass is 466 g/mol. The molecule has 2 aliphatic heterocycles. The van der Waals surface area contributed by atoms with Crippen molar-refractivity contribution < 1.29 is 44.6 Å². The molecule has 4 unspecified atom stereocenters. The Balaban J connectivity index is 1.83. The molecule has 0 spiro atoms. The van der Waals surface area contributed by atoms with Crippen molar-refractivity contribution in [3.8, 4) is 0 Å². The number of rotatable bonds is 6. The fourth-order valence-corrected chi connectivity index (χ4v) is 4.70. The SMILES string of the molecule is CC(C)S(=O)(=O)ON1C(=O)C2CC3C(=O)N(OS(=O)(=O)C(C)C)C(=O)C3CC2C1=O. The van der Waals surface area contributed by atoms with Gasteiger partial charge in [0.05, 0.1) is 34.2 Å². The summed E-state index contributed by atoms with van der Waals surface area (Å²) in [4.78, 5) is 50.4. The summed E-state index contributed by atoms with van der Waals surface area (Å²) in [6, 6.07) is 0. The van der Waals surface area contributed by atoms with Crippen molar-refractivity contribution in [1.29, 1.82) is 0 Å². The Morgan fingerprint density at radius 2 is 0.867 bits per heavy atom. The molecule has 4 atom stereocenters. The first-order valence-corrected chi connectivity index (χ1v) is 12.3. The Morgan fingerprint density at radius 3 is 1.07 bits per heavy atom. The maximum Gasteiger partial charge on any atom is 0.290 e. The molecule has 4 amide bonds. The summed E-state index contributed by atoms with van der Waals surface area (Å²) >= 11 is 0. The molecule has 3 rings (SSSR count). The van der Waals surface area contributed by atoms with Crippen molar-refractivity contribution in [3.05, 3.63) is 0 Å². The van der Waals surface area contributed by atoms with Gasteiger partial charge in [-0.25, -0.2) is 0 Å². The zero-order chi connectivity index (χ0) is 22.8. The molecule has 0 aromatic rings. The fraction of sp³-hybridized carbons (Fsp3) is 0.750. The average molecular weight is 466 g/mol. The van der Waals surface area contributed by atoms with E-state index in [0.717, 1.165) is 0 Å². The number of imide groups is 2. The van der Waals surface area contributed by atoms with Gasteiger partial charge in [0.15, 0.2) is 0 Å². The number of hydroxylamine groups is 4. The van der Waals surface area contributed by atoms with Crippen molar-refractivity contribution >= 4 is 43.9 Å². The lowest BCUT2D eigenvalue weighted by Crippen LogP contribution is -2.37. The lowest BCUT2D eigenvalue weighted by Gasteiger charge is -2.27. The van der Waals surface area contributed by atoms with Crippen LogP contribution in [0.4, 0.5) is 0 Å². The normalized spacial score (nSPS) is 29.9. The molecule has 3 aliphatic rings. The standard InChI is InChI=1S/C16H22N2O10S2/c1-7(2)29(23,24)27-17-13(19)9-5-11-12(6-10(9)14(17)20)16(22)18(15(11)21)28-30(25,26)8(3)4/h7-12H,5-6H2,1-4H3. The summed E-state index contributed by atoms with van der Waals surface area (Å²) in [6.45, 7) is 5.26. The van der Waals surface area contributed by atoms with Crippen molar-refractivity contribution in [1.82, 2.24) is 10.1 Å². The summed E-state index contributed by atoms with van der Waals surface area (Å²) in [6.07, 6.45) is -0.457. The molecule has 0 bridgehead atoms. The maximum absolute atomic E-state index is 12.6. The second kappa shape index (κ2) is 7.35. The summed E-state index contributed by atoms with van der Waals surface area (Å²) in [5.41, 5.74) is 0. The van der Waals surface area contributed by atoms with E-state index < -0.39 is 78.0 Å². The zero-order valence-electron chi connectivity index (χ0n) is 16.7. The smallest absolute Gasteiger partial charge is 0.272 e. The van der Waals surface area contributed by atoms with Crippen molar-refractivity contribution in [2.45, 2.75) is 51.0 Å². The minimum Gasteiger partial charge on any atom is -0.272 e. The Labute approximate surface area is 173 Å². The lowest BCUT2D eigenvalue weighted by atomic mass is 9.70. The Morgan fingerprint density at radius 1 is 0.633 bits per heavy atom. The van der Waals surface area contributed by atoms with Crippen LogP contribution in [0.25, 0.3) is 0 Å². The Hall–Kier alpha value is -1.90. The van der Waals surface area contributed by atoms with E-state index in [0.29, 0.717) is 0 Å². The molecule has 30 heavy (non-hydrogen) atoms. The van der Waals surface area contributed by atoms with E-state index in [9.17, 15) is 36.0 Å². The summed E-state index contributed by atoms with van der Waals surface area (Å²) in [7, 11) is -8.42. The van der Waals surface area contributed by atoms with Gasteiger partial charge >= 0.3 is 0 Å². The van der Waals surface area contributed by atoms with Crippen LogP contribution >= 0.6 is 0 Å². The van der Waals surface area contributed by atoms with Gasteiger partial charge in [0.2, 0.25) is 0 Å². The number of carbonyl (C=O) groups is 4. The molecule has 12 nitrogen and oxygen atoms in total. The van der Waals surface area contributed by atoms with Gasteiger partial charge in [0.25, 0.3) is 43.9 Å². The summed E-state index contributed by atoms with van der Waals surface area (Å²) < 4.78 is 57.2. The molecule has 2 heterocycles. The van der Waals surface area contributed by atoms with Crippen LogP contribution in [0.1, 0.15) is 40.5 Å². The first-order chi connectivity index (χ1) is 13.7. The van der Waals surface area contributed by atoms with Crippen molar-refractivity contribution in [2.75, 3.05) is 0 Å². The van der Waals surface area contributed by atoms with Crippen LogP contribution in [-0.2, 0) is 48.0 Å². The van der Waals surface area contributed by atoms with Crippen LogP contribution in [-0.4, -0.2) is 61.1 Å². The quantitative estimate of drug-likeness (QED) is 0.459. The van der Waals surface area contributed by atoms with Gasteiger partial charge in [-0.15, -0.1) is 18.7 Å². The topological polar surface area (TPSA) is 161 Å². The summed E-state index contributed by atoms with van der Waals surface area (Å²) in [5, 5.41) is -1.62. The third kappa shape index (κ3) is 3.55. The van der Waals surface area contributed by atoms with Gasteiger partial charge in [-0.05, 0) is 40.5 Å². The highest BCUT2D eigenvalue weighted by Gasteiger charge is 2.61. The third-order valence-corrected chi connectivity index (χ3v) is 8.59. The Bertz CT molecular complexity index is 895. The van der Waals surface area contributed by atoms with E-state index in [4.69, 9.17) is 0 Å². The second-order valence-corrected chi connectivity index (χ2v) is 12.2. The molecule has 168 valence electrons. The molecular weight excluding hydrogens is 444 g/mol. The molecule has 0 aromatic carbocycles. The molecule has 2 saturated heterocycles. The number of amides is 4. The lowest BCUT2D eigenvalue weighted by molar-refractivity contribution is -0.166. The predicted octanol–water partition coefficient (Wildman–Crippen LogP) is -0.678. The first kappa shape index (κ1) is 22.8. The molecule has 1 aliphatic carbocycles. The molecule has 14 heteroatoms. The Kier molecular flexibility index (Phi) is 5.58. The van der Waals surface area contributed by atoms with Crippen LogP contribution in [0.5, 0.6) is 0 Å². The largest absolute Gasteiger partial charge is 0.290 e. The van der Waals surface area contributed by atoms with Gasteiger partial charge in [-0.3, -0.25) is 19.2 Å². The fourth-order valence-electron chi connectivity index (χ4n) is 3.64. The van der Waals surface area contributed by atoms with E-state index in [1.165, 1.54) is 27.7 Å². The van der Waals surface area contributed by atoms with E-state index in [2.05, 4.69) is 8.57 Å². The maximum atomic E-state index is 12.6. The van der Waals surface area contributed by atoms with Gasteiger partial charge in [-0.1, -0.05) is 0 Å². The van der Waals surface area contributed by atoms with Crippen LogP contribution in [0.2, 0.25) is 0 Å². The van der Waals surface area contributed by atoms with Crippen molar-refractivity contribution in [3.63, 3.8) is 0 Å². The van der Waals surface area contributed by atoms with Crippen LogP contribution in [0, 0.1) is 23.7 Å². The molecule has 3 fully saturated rings. The number of fused-ring (bicyclic) bond motifs is 2. The van der Waals surface area contributed by atoms with E-state index >= 15 is 0 Å². The van der Waals surface area contributed by atoms with E-state index in [1.54, 1.807) is 0 Å². The van der Waals surface area contributed by atoms with Crippen LogP contribution in [0.15, 0.2) is 0 Å². The molecule has 0 N–H and O–H groups in total. The first-order valence-electron chi connectivity index (χ1n) is 9.31. The number of nitrogens with zero attached hydrogens (tertiary/aromatic N) is 2. The zero-order valence-corrected chi connectivity index (χ0v) is 18.3. The highest BCUT2D eigenvalue weighted by molar-refractivity contribution is 7.87. The van der Waals surface area contributed by atoms with E-state index in [1.807, 2.05) is 0 Å². The highest BCUT2D eigenvalue weighted by atomic mass is 32.2. The van der Waals surface area contributed by atoms with Crippen LogP contribution in [0.3, 0.4) is 0 Å².